The van der Waals surface area contributed by atoms with Gasteiger partial charge in [-0.15, -0.1) is 10.2 Å². The van der Waals surface area contributed by atoms with Gasteiger partial charge in [-0.05, 0) is 61.0 Å². The van der Waals surface area contributed by atoms with Gasteiger partial charge < -0.3 is 4.74 Å². The van der Waals surface area contributed by atoms with Gasteiger partial charge >= 0.3 is 0 Å². The highest BCUT2D eigenvalue weighted by molar-refractivity contribution is 9.10. The maximum absolute atomic E-state index is 5.28. The Hall–Kier alpha value is -2.57. The molecule has 6 heteroatoms. The first kappa shape index (κ1) is 19.7. The van der Waals surface area contributed by atoms with Gasteiger partial charge in [0.2, 0.25) is 0 Å². The summed E-state index contributed by atoms with van der Waals surface area (Å²) in [5.74, 6) is 2.45. The Balaban J connectivity index is 1.71. The summed E-state index contributed by atoms with van der Waals surface area (Å²) < 4.78 is 8.48. The van der Waals surface area contributed by atoms with Crippen molar-refractivity contribution in [2.75, 3.05) is 7.11 Å². The highest BCUT2D eigenvalue weighted by Crippen LogP contribution is 2.31. The quantitative estimate of drug-likeness (QED) is 0.313. The molecule has 0 amide bonds. The monoisotopic (exact) mass is 465 g/mol. The lowest BCUT2D eigenvalue weighted by atomic mass is 10.2. The summed E-state index contributed by atoms with van der Waals surface area (Å²) in [4.78, 5) is 0. The van der Waals surface area contributed by atoms with E-state index in [1.165, 1.54) is 11.1 Å². The molecule has 4 rings (SSSR count). The zero-order valence-corrected chi connectivity index (χ0v) is 18.6. The summed E-state index contributed by atoms with van der Waals surface area (Å²) in [6.45, 7) is 2.09. The van der Waals surface area contributed by atoms with Crippen LogP contribution in [0.2, 0.25) is 0 Å². The van der Waals surface area contributed by atoms with Crippen molar-refractivity contribution in [3.8, 4) is 22.8 Å². The van der Waals surface area contributed by atoms with Gasteiger partial charge in [-0.2, -0.15) is 0 Å². The lowest BCUT2D eigenvalue weighted by molar-refractivity contribution is 0.415. The number of rotatable bonds is 6. The fourth-order valence-corrected chi connectivity index (χ4v) is 4.12. The SMILES string of the molecule is COc1ccc(-c2nnc(SCc3ccc(Br)cc3)n2-c2ccc(C)cc2)cc1. The molecule has 1 heterocycles. The van der Waals surface area contributed by atoms with Crippen LogP contribution < -0.4 is 4.74 Å². The topological polar surface area (TPSA) is 39.9 Å². The Morgan fingerprint density at radius 1 is 0.897 bits per heavy atom. The third-order valence-corrected chi connectivity index (χ3v) is 6.08. The molecule has 0 atom stereocenters. The lowest BCUT2D eigenvalue weighted by Crippen LogP contribution is -2.00. The summed E-state index contributed by atoms with van der Waals surface area (Å²) in [5.41, 5.74) is 4.50. The van der Waals surface area contributed by atoms with Crippen molar-refractivity contribution in [1.29, 1.82) is 0 Å². The summed E-state index contributed by atoms with van der Waals surface area (Å²) in [7, 11) is 1.67. The molecular weight excluding hydrogens is 446 g/mol. The van der Waals surface area contributed by atoms with Gasteiger partial charge in [0.15, 0.2) is 11.0 Å². The van der Waals surface area contributed by atoms with E-state index < -0.39 is 0 Å². The van der Waals surface area contributed by atoms with Crippen molar-refractivity contribution >= 4 is 27.7 Å². The highest BCUT2D eigenvalue weighted by atomic mass is 79.9. The van der Waals surface area contributed by atoms with Gasteiger partial charge in [-0.3, -0.25) is 4.57 Å². The molecule has 3 aromatic carbocycles. The molecule has 146 valence electrons. The van der Waals surface area contributed by atoms with Crippen molar-refractivity contribution in [2.24, 2.45) is 0 Å². The molecule has 0 saturated carbocycles. The molecule has 0 aliphatic rings. The van der Waals surface area contributed by atoms with E-state index in [1.54, 1.807) is 18.9 Å². The molecule has 29 heavy (non-hydrogen) atoms. The number of methoxy groups -OCH3 is 1. The van der Waals surface area contributed by atoms with Crippen molar-refractivity contribution in [3.63, 3.8) is 0 Å². The summed E-state index contributed by atoms with van der Waals surface area (Å²) in [6.07, 6.45) is 0. The molecule has 0 aliphatic heterocycles. The maximum Gasteiger partial charge on any atom is 0.196 e. The molecule has 0 bridgehead atoms. The van der Waals surface area contributed by atoms with Crippen LogP contribution in [0.1, 0.15) is 11.1 Å². The standard InChI is InChI=1S/C23H20BrN3OS/c1-16-3-11-20(12-4-16)27-22(18-7-13-21(28-2)14-8-18)25-26-23(27)29-15-17-5-9-19(24)10-6-17/h3-14H,15H2,1-2H3. The van der Waals surface area contributed by atoms with E-state index in [2.05, 4.69) is 86.1 Å². The molecule has 0 saturated heterocycles. The molecule has 0 radical (unpaired) electrons. The first-order valence-electron chi connectivity index (χ1n) is 9.18. The van der Waals surface area contributed by atoms with Gasteiger partial charge in [-0.25, -0.2) is 0 Å². The smallest absolute Gasteiger partial charge is 0.196 e. The lowest BCUT2D eigenvalue weighted by Gasteiger charge is -2.11. The van der Waals surface area contributed by atoms with E-state index in [1.807, 2.05) is 24.3 Å². The van der Waals surface area contributed by atoms with E-state index in [9.17, 15) is 0 Å². The Morgan fingerprint density at radius 2 is 1.59 bits per heavy atom. The predicted molar refractivity (Wildman–Crippen MR) is 122 cm³/mol. The molecule has 1 aromatic heterocycles. The number of benzene rings is 3. The van der Waals surface area contributed by atoms with Crippen LogP contribution in [-0.4, -0.2) is 21.9 Å². The van der Waals surface area contributed by atoms with Gasteiger partial charge in [-0.1, -0.05) is 57.5 Å². The minimum atomic E-state index is 0.815. The van der Waals surface area contributed by atoms with E-state index in [4.69, 9.17) is 4.74 Å². The van der Waals surface area contributed by atoms with Gasteiger partial charge in [0.05, 0.1) is 7.11 Å². The Labute approximate surface area is 183 Å². The average molecular weight is 466 g/mol. The van der Waals surface area contributed by atoms with E-state index in [-0.39, 0.29) is 0 Å². The maximum atomic E-state index is 5.28. The molecule has 0 fully saturated rings. The number of hydrogen-bond donors (Lipinski definition) is 0. The molecule has 4 nitrogen and oxygen atoms in total. The number of halogens is 1. The third kappa shape index (κ3) is 4.54. The van der Waals surface area contributed by atoms with Crippen LogP contribution >= 0.6 is 27.7 Å². The first-order valence-corrected chi connectivity index (χ1v) is 11.0. The van der Waals surface area contributed by atoms with Crippen LogP contribution in [0.4, 0.5) is 0 Å². The largest absolute Gasteiger partial charge is 0.497 e. The van der Waals surface area contributed by atoms with Crippen LogP contribution in [0.15, 0.2) is 82.4 Å². The second-order valence-electron chi connectivity index (χ2n) is 6.62. The average Bonchev–Trinajstić information content (AvgIpc) is 3.18. The number of aromatic nitrogens is 3. The zero-order chi connectivity index (χ0) is 20.2. The Morgan fingerprint density at radius 3 is 2.24 bits per heavy atom. The van der Waals surface area contributed by atoms with Gasteiger partial charge in [0.1, 0.15) is 5.75 Å². The number of hydrogen-bond acceptors (Lipinski definition) is 4. The fraction of sp³-hybridized carbons (Fsp3) is 0.130. The predicted octanol–water partition coefficient (Wildman–Crippen LogP) is 6.31. The van der Waals surface area contributed by atoms with E-state index >= 15 is 0 Å². The molecule has 0 N–H and O–H groups in total. The first-order chi connectivity index (χ1) is 14.1. The van der Waals surface area contributed by atoms with Crippen molar-refractivity contribution in [1.82, 2.24) is 14.8 Å². The second kappa shape index (κ2) is 8.84. The van der Waals surface area contributed by atoms with Crippen molar-refractivity contribution in [2.45, 2.75) is 17.8 Å². The number of thioether (sulfide) groups is 1. The molecular formula is C23H20BrN3OS. The number of nitrogens with zero attached hydrogens (tertiary/aromatic N) is 3. The van der Waals surface area contributed by atoms with Crippen LogP contribution in [-0.2, 0) is 5.75 Å². The minimum Gasteiger partial charge on any atom is -0.497 e. The van der Waals surface area contributed by atoms with E-state index in [0.29, 0.717) is 0 Å². The fourth-order valence-electron chi connectivity index (χ4n) is 2.95. The molecule has 4 aromatic rings. The summed E-state index contributed by atoms with van der Waals surface area (Å²) in [5, 5.41) is 9.88. The third-order valence-electron chi connectivity index (χ3n) is 4.55. The number of ether oxygens (including phenoxy) is 1. The summed E-state index contributed by atoms with van der Waals surface area (Å²) >= 11 is 5.16. The highest BCUT2D eigenvalue weighted by Gasteiger charge is 2.16. The van der Waals surface area contributed by atoms with Gasteiger partial charge in [0, 0.05) is 21.5 Å². The summed E-state index contributed by atoms with van der Waals surface area (Å²) in [6, 6.07) is 24.7. The van der Waals surface area contributed by atoms with E-state index in [0.717, 1.165) is 38.2 Å². The van der Waals surface area contributed by atoms with Gasteiger partial charge in [0.25, 0.3) is 0 Å². The van der Waals surface area contributed by atoms with Crippen LogP contribution in [0.5, 0.6) is 5.75 Å². The van der Waals surface area contributed by atoms with Crippen LogP contribution in [0, 0.1) is 6.92 Å². The normalized spacial score (nSPS) is 10.9. The molecule has 0 unspecified atom stereocenters. The minimum absolute atomic E-state index is 0.815. The molecule has 0 aliphatic carbocycles. The zero-order valence-electron chi connectivity index (χ0n) is 16.2. The number of aryl methyl sites for hydroxylation is 1. The van der Waals surface area contributed by atoms with Crippen molar-refractivity contribution in [3.05, 3.63) is 88.4 Å². The Kier molecular flexibility index (Phi) is 6.02. The second-order valence-corrected chi connectivity index (χ2v) is 8.48. The van der Waals surface area contributed by atoms with Crippen molar-refractivity contribution < 1.29 is 4.74 Å². The van der Waals surface area contributed by atoms with Crippen LogP contribution in [0.3, 0.4) is 0 Å². The Bertz CT molecular complexity index is 1090. The van der Waals surface area contributed by atoms with Crippen LogP contribution in [0.25, 0.3) is 17.1 Å². The molecule has 0 spiro atoms.